The number of halogens is 1. The number of carbonyl (C=O) groups is 2. The number of thiophene rings is 1. The van der Waals surface area contributed by atoms with Crippen LogP contribution in [0.15, 0.2) is 29.6 Å². The average molecular weight is 420 g/mol. The van der Waals surface area contributed by atoms with Gasteiger partial charge in [-0.25, -0.2) is 0 Å². The molecule has 1 atom stereocenters. The second-order valence-electron chi connectivity index (χ2n) is 7.32. The van der Waals surface area contributed by atoms with E-state index in [9.17, 15) is 9.59 Å². The van der Waals surface area contributed by atoms with Crippen molar-refractivity contribution >= 4 is 40.6 Å². The van der Waals surface area contributed by atoms with Crippen molar-refractivity contribution in [1.29, 1.82) is 0 Å². The molecule has 28 heavy (non-hydrogen) atoms. The van der Waals surface area contributed by atoms with Crippen molar-refractivity contribution in [3.8, 4) is 0 Å². The number of carbonyl (C=O) groups excluding carboxylic acids is 2. The monoisotopic (exact) mass is 419 g/mol. The fourth-order valence-corrected chi connectivity index (χ4v) is 4.65. The summed E-state index contributed by atoms with van der Waals surface area (Å²) in [6.45, 7) is 1.81. The number of aryl methyl sites for hydroxylation is 2. The van der Waals surface area contributed by atoms with Gasteiger partial charge in [0, 0.05) is 18.2 Å². The first-order valence-electron chi connectivity index (χ1n) is 9.73. The molecule has 150 valence electrons. The van der Waals surface area contributed by atoms with Crippen LogP contribution in [0.4, 0.5) is 5.00 Å². The zero-order chi connectivity index (χ0) is 18.6. The molecule has 2 amide bonds. The number of nitrogens with one attached hydrogen (secondary N) is 3. The standard InChI is InChI=1S/C21H25N3O2S.ClH/c25-19(16-8-7-14-4-1-2-5-15(14)12-16)24-21-18(9-11-27-21)20(26)23-17-6-3-10-22-13-17;/h7-9,11-12,17,22H,1-6,10,13H2,(H,23,26)(H,24,25);1H/t17-;/m0./s1. The van der Waals surface area contributed by atoms with Crippen molar-refractivity contribution < 1.29 is 9.59 Å². The van der Waals surface area contributed by atoms with Gasteiger partial charge in [0.15, 0.2) is 0 Å². The molecule has 7 heteroatoms. The van der Waals surface area contributed by atoms with Crippen LogP contribution in [-0.4, -0.2) is 30.9 Å². The molecule has 1 aromatic heterocycles. The Morgan fingerprint density at radius 2 is 1.86 bits per heavy atom. The molecule has 0 saturated carbocycles. The number of rotatable bonds is 4. The highest BCUT2D eigenvalue weighted by atomic mass is 35.5. The van der Waals surface area contributed by atoms with Gasteiger partial charge in [-0.3, -0.25) is 9.59 Å². The van der Waals surface area contributed by atoms with E-state index in [0.29, 0.717) is 16.1 Å². The third kappa shape index (κ3) is 4.74. The Morgan fingerprint density at radius 3 is 2.64 bits per heavy atom. The number of fused-ring (bicyclic) bond motifs is 1. The van der Waals surface area contributed by atoms with E-state index in [1.807, 2.05) is 17.5 Å². The summed E-state index contributed by atoms with van der Waals surface area (Å²) in [7, 11) is 0. The first-order chi connectivity index (χ1) is 13.2. The number of hydrogen-bond donors (Lipinski definition) is 3. The van der Waals surface area contributed by atoms with Gasteiger partial charge in [0.1, 0.15) is 5.00 Å². The average Bonchev–Trinajstić information content (AvgIpc) is 3.16. The van der Waals surface area contributed by atoms with E-state index in [0.717, 1.165) is 38.8 Å². The van der Waals surface area contributed by atoms with Gasteiger partial charge in [0.05, 0.1) is 5.56 Å². The van der Waals surface area contributed by atoms with Crippen LogP contribution >= 0.6 is 23.7 Å². The Kier molecular flexibility index (Phi) is 7.10. The maximum atomic E-state index is 12.7. The zero-order valence-corrected chi connectivity index (χ0v) is 17.4. The van der Waals surface area contributed by atoms with Gasteiger partial charge < -0.3 is 16.0 Å². The topological polar surface area (TPSA) is 70.2 Å². The van der Waals surface area contributed by atoms with Crippen LogP contribution in [0.1, 0.15) is 57.5 Å². The maximum absolute atomic E-state index is 12.7. The van der Waals surface area contributed by atoms with E-state index >= 15 is 0 Å². The highest BCUT2D eigenvalue weighted by molar-refractivity contribution is 7.14. The molecule has 1 fully saturated rings. The molecule has 5 nitrogen and oxygen atoms in total. The van der Waals surface area contributed by atoms with Crippen LogP contribution in [-0.2, 0) is 12.8 Å². The Balaban J connectivity index is 0.00000225. The van der Waals surface area contributed by atoms with E-state index < -0.39 is 0 Å². The Morgan fingerprint density at radius 1 is 1.04 bits per heavy atom. The number of anilines is 1. The van der Waals surface area contributed by atoms with Crippen LogP contribution in [0.2, 0.25) is 0 Å². The Hall–Kier alpha value is -1.89. The van der Waals surface area contributed by atoms with Gasteiger partial charge in [0.25, 0.3) is 11.8 Å². The minimum Gasteiger partial charge on any atom is -0.348 e. The molecule has 3 N–H and O–H groups in total. The third-order valence-electron chi connectivity index (χ3n) is 5.38. The molecule has 2 heterocycles. The minimum absolute atomic E-state index is 0. The van der Waals surface area contributed by atoms with Gasteiger partial charge in [0.2, 0.25) is 0 Å². The molecule has 1 aromatic carbocycles. The number of piperidine rings is 1. The number of amides is 2. The summed E-state index contributed by atoms with van der Waals surface area (Å²) < 4.78 is 0. The first-order valence-corrected chi connectivity index (χ1v) is 10.6. The molecule has 2 aliphatic rings. The van der Waals surface area contributed by atoms with Crippen molar-refractivity contribution in [2.24, 2.45) is 0 Å². The SMILES string of the molecule is Cl.O=C(Nc1sccc1C(=O)N[C@H]1CCCNC1)c1ccc2c(c1)CCCC2. The second kappa shape index (κ2) is 9.54. The fourth-order valence-electron chi connectivity index (χ4n) is 3.87. The van der Waals surface area contributed by atoms with Gasteiger partial charge in [-0.05, 0) is 79.8 Å². The quantitative estimate of drug-likeness (QED) is 0.706. The van der Waals surface area contributed by atoms with Crippen LogP contribution in [0, 0.1) is 0 Å². The largest absolute Gasteiger partial charge is 0.348 e. The lowest BCUT2D eigenvalue weighted by Crippen LogP contribution is -2.45. The molecule has 0 radical (unpaired) electrons. The molecular weight excluding hydrogens is 394 g/mol. The summed E-state index contributed by atoms with van der Waals surface area (Å²) in [4.78, 5) is 25.3. The number of hydrogen-bond acceptors (Lipinski definition) is 4. The summed E-state index contributed by atoms with van der Waals surface area (Å²) in [5, 5.41) is 11.8. The number of benzene rings is 1. The molecule has 1 aliphatic heterocycles. The van der Waals surface area contributed by atoms with E-state index in [1.54, 1.807) is 6.07 Å². The molecule has 1 aliphatic carbocycles. The van der Waals surface area contributed by atoms with Gasteiger partial charge in [-0.1, -0.05) is 6.07 Å². The summed E-state index contributed by atoms with van der Waals surface area (Å²) in [6.07, 6.45) is 6.60. The smallest absolute Gasteiger partial charge is 0.256 e. The van der Waals surface area contributed by atoms with Crippen LogP contribution in [0.5, 0.6) is 0 Å². The highest BCUT2D eigenvalue weighted by Gasteiger charge is 2.21. The third-order valence-corrected chi connectivity index (χ3v) is 6.21. The van der Waals surface area contributed by atoms with E-state index in [2.05, 4.69) is 22.0 Å². The molecule has 0 bridgehead atoms. The van der Waals surface area contributed by atoms with E-state index in [-0.39, 0.29) is 30.3 Å². The molecular formula is C21H26ClN3O2S. The normalized spacial score (nSPS) is 18.5. The Bertz CT molecular complexity index is 846. The molecule has 1 saturated heterocycles. The van der Waals surface area contributed by atoms with Crippen molar-refractivity contribution in [2.75, 3.05) is 18.4 Å². The lowest BCUT2D eigenvalue weighted by Gasteiger charge is -2.23. The predicted octanol–water partition coefficient (Wildman–Crippen LogP) is 3.78. The highest BCUT2D eigenvalue weighted by Crippen LogP contribution is 2.26. The van der Waals surface area contributed by atoms with Gasteiger partial charge >= 0.3 is 0 Å². The van der Waals surface area contributed by atoms with Crippen molar-refractivity contribution in [3.63, 3.8) is 0 Å². The summed E-state index contributed by atoms with van der Waals surface area (Å²) in [5.41, 5.74) is 3.83. The van der Waals surface area contributed by atoms with Crippen LogP contribution in [0.25, 0.3) is 0 Å². The summed E-state index contributed by atoms with van der Waals surface area (Å²) in [5.74, 6) is -0.273. The lowest BCUT2D eigenvalue weighted by molar-refractivity contribution is 0.0932. The Labute approximate surface area is 175 Å². The molecule has 0 unspecified atom stereocenters. The van der Waals surface area contributed by atoms with E-state index in [4.69, 9.17) is 0 Å². The predicted molar refractivity (Wildman–Crippen MR) is 116 cm³/mol. The lowest BCUT2D eigenvalue weighted by atomic mass is 9.90. The zero-order valence-electron chi connectivity index (χ0n) is 15.8. The van der Waals surface area contributed by atoms with Crippen LogP contribution < -0.4 is 16.0 Å². The van der Waals surface area contributed by atoms with Crippen molar-refractivity contribution in [1.82, 2.24) is 10.6 Å². The summed E-state index contributed by atoms with van der Waals surface area (Å²) in [6, 6.07) is 7.89. The second-order valence-corrected chi connectivity index (χ2v) is 8.24. The first kappa shape index (κ1) is 20.8. The van der Waals surface area contributed by atoms with Crippen molar-refractivity contribution in [2.45, 2.75) is 44.6 Å². The molecule has 0 spiro atoms. The molecule has 2 aromatic rings. The summed E-state index contributed by atoms with van der Waals surface area (Å²) >= 11 is 1.38. The van der Waals surface area contributed by atoms with Gasteiger partial charge in [-0.2, -0.15) is 0 Å². The maximum Gasteiger partial charge on any atom is 0.256 e. The van der Waals surface area contributed by atoms with Gasteiger partial charge in [-0.15, -0.1) is 23.7 Å². The minimum atomic E-state index is -0.154. The fraction of sp³-hybridized carbons (Fsp3) is 0.429. The molecule has 4 rings (SSSR count). The van der Waals surface area contributed by atoms with Crippen molar-refractivity contribution in [3.05, 3.63) is 51.9 Å². The van der Waals surface area contributed by atoms with Crippen LogP contribution in [0.3, 0.4) is 0 Å². The van der Waals surface area contributed by atoms with E-state index in [1.165, 1.54) is 35.3 Å².